The Kier molecular flexibility index (Phi) is 4.88. The van der Waals surface area contributed by atoms with Gasteiger partial charge in [-0.15, -0.1) is 0 Å². The smallest absolute Gasteiger partial charge is 0.270 e. The summed E-state index contributed by atoms with van der Waals surface area (Å²) in [5.74, 6) is 0.816. The van der Waals surface area contributed by atoms with E-state index < -0.39 is 0 Å². The fraction of sp³-hybridized carbons (Fsp3) is 0.562. The van der Waals surface area contributed by atoms with Crippen LogP contribution in [0.2, 0.25) is 0 Å². The highest BCUT2D eigenvalue weighted by molar-refractivity contribution is 5.92. The summed E-state index contributed by atoms with van der Waals surface area (Å²) in [6.07, 6.45) is 8.60. The van der Waals surface area contributed by atoms with Crippen molar-refractivity contribution >= 4 is 5.91 Å². The molecule has 1 aliphatic rings. The summed E-state index contributed by atoms with van der Waals surface area (Å²) in [7, 11) is 0. The molecular weight excluding hydrogens is 250 g/mol. The molecule has 1 aliphatic carbocycles. The zero-order chi connectivity index (χ0) is 14.5. The maximum atomic E-state index is 12.2. The number of aromatic nitrogens is 2. The quantitative estimate of drug-likeness (QED) is 0.857. The number of hydrogen-bond acceptors (Lipinski definition) is 3. The summed E-state index contributed by atoms with van der Waals surface area (Å²) >= 11 is 0. The van der Waals surface area contributed by atoms with Crippen LogP contribution in [0.3, 0.4) is 0 Å². The lowest BCUT2D eigenvalue weighted by molar-refractivity contribution is 0.0939. The number of carbonyl (C=O) groups is 1. The van der Waals surface area contributed by atoms with Crippen molar-refractivity contribution in [1.82, 2.24) is 15.3 Å². The monoisotopic (exact) mass is 273 g/mol. The standard InChI is InChI=1S/C16H23N3O/c1-11(2)15-17-10-9-14(19-15)16(20)18-12(3)13-7-5-4-6-8-13/h7,9-12H,4-6,8H2,1-3H3,(H,18,20)/t12-/m0/s1. The Labute approximate surface area is 120 Å². The minimum atomic E-state index is -0.117. The molecule has 0 unspecified atom stereocenters. The topological polar surface area (TPSA) is 54.9 Å². The average Bonchev–Trinajstić information content (AvgIpc) is 2.48. The first-order valence-electron chi connectivity index (χ1n) is 7.40. The highest BCUT2D eigenvalue weighted by atomic mass is 16.1. The molecule has 1 aromatic heterocycles. The van der Waals surface area contributed by atoms with E-state index in [2.05, 4.69) is 21.4 Å². The highest BCUT2D eigenvalue weighted by Crippen LogP contribution is 2.20. The molecule has 108 valence electrons. The lowest BCUT2D eigenvalue weighted by atomic mass is 9.95. The molecule has 2 rings (SSSR count). The molecule has 1 heterocycles. The summed E-state index contributed by atoms with van der Waals surface area (Å²) < 4.78 is 0. The van der Waals surface area contributed by atoms with Crippen molar-refractivity contribution in [2.75, 3.05) is 0 Å². The van der Waals surface area contributed by atoms with Gasteiger partial charge in [0.2, 0.25) is 0 Å². The second kappa shape index (κ2) is 6.64. The van der Waals surface area contributed by atoms with E-state index in [4.69, 9.17) is 0 Å². The van der Waals surface area contributed by atoms with Gasteiger partial charge < -0.3 is 5.32 Å². The van der Waals surface area contributed by atoms with Crippen LogP contribution < -0.4 is 5.32 Å². The van der Waals surface area contributed by atoms with Crippen molar-refractivity contribution in [3.8, 4) is 0 Å². The second-order valence-corrected chi connectivity index (χ2v) is 5.67. The van der Waals surface area contributed by atoms with Crippen LogP contribution in [0.15, 0.2) is 23.9 Å². The molecule has 0 bridgehead atoms. The van der Waals surface area contributed by atoms with Crippen molar-refractivity contribution in [1.29, 1.82) is 0 Å². The van der Waals surface area contributed by atoms with Gasteiger partial charge in [0.25, 0.3) is 5.91 Å². The van der Waals surface area contributed by atoms with Crippen molar-refractivity contribution in [3.63, 3.8) is 0 Å². The Bertz CT molecular complexity index is 508. The highest BCUT2D eigenvalue weighted by Gasteiger charge is 2.16. The first-order chi connectivity index (χ1) is 9.58. The zero-order valence-electron chi connectivity index (χ0n) is 12.5. The van der Waals surface area contributed by atoms with Gasteiger partial charge in [0.15, 0.2) is 0 Å². The first-order valence-corrected chi connectivity index (χ1v) is 7.40. The fourth-order valence-electron chi connectivity index (χ4n) is 2.40. The molecule has 4 heteroatoms. The number of nitrogens with zero attached hydrogens (tertiary/aromatic N) is 2. The molecule has 1 amide bonds. The summed E-state index contributed by atoms with van der Waals surface area (Å²) in [6, 6.07) is 1.75. The number of rotatable bonds is 4. The molecule has 20 heavy (non-hydrogen) atoms. The van der Waals surface area contributed by atoms with Crippen LogP contribution in [-0.4, -0.2) is 21.9 Å². The minimum absolute atomic E-state index is 0.0836. The molecule has 1 N–H and O–H groups in total. The fourth-order valence-corrected chi connectivity index (χ4v) is 2.40. The number of allylic oxidation sites excluding steroid dienone is 1. The van der Waals surface area contributed by atoms with Crippen molar-refractivity contribution < 1.29 is 4.79 Å². The molecule has 0 spiro atoms. The van der Waals surface area contributed by atoms with Crippen LogP contribution in [-0.2, 0) is 0 Å². The van der Waals surface area contributed by atoms with E-state index in [1.165, 1.54) is 18.4 Å². The largest absolute Gasteiger partial charge is 0.345 e. The molecule has 0 fully saturated rings. The Hall–Kier alpha value is -1.71. The Balaban J connectivity index is 2.04. The van der Waals surface area contributed by atoms with Crippen LogP contribution in [0.25, 0.3) is 0 Å². The van der Waals surface area contributed by atoms with E-state index in [0.29, 0.717) is 11.5 Å². The van der Waals surface area contributed by atoms with Crippen LogP contribution in [0.4, 0.5) is 0 Å². The van der Waals surface area contributed by atoms with Gasteiger partial charge in [-0.3, -0.25) is 4.79 Å². The van der Waals surface area contributed by atoms with Gasteiger partial charge in [-0.25, -0.2) is 9.97 Å². The molecule has 0 radical (unpaired) electrons. The van der Waals surface area contributed by atoms with Gasteiger partial charge in [-0.1, -0.05) is 25.5 Å². The molecule has 1 aromatic rings. The van der Waals surface area contributed by atoms with Gasteiger partial charge in [0.1, 0.15) is 11.5 Å². The number of carbonyl (C=O) groups excluding carboxylic acids is 1. The van der Waals surface area contributed by atoms with E-state index in [9.17, 15) is 4.79 Å². The molecule has 1 atom stereocenters. The van der Waals surface area contributed by atoms with Crippen molar-refractivity contribution in [3.05, 3.63) is 35.4 Å². The summed E-state index contributed by atoms with van der Waals surface area (Å²) in [4.78, 5) is 20.8. The van der Waals surface area contributed by atoms with Gasteiger partial charge in [-0.05, 0) is 38.7 Å². The normalized spacial score (nSPS) is 16.7. The molecule has 0 aliphatic heterocycles. The number of nitrogens with one attached hydrogen (secondary N) is 1. The van der Waals surface area contributed by atoms with Gasteiger partial charge in [-0.2, -0.15) is 0 Å². The van der Waals surface area contributed by atoms with Crippen LogP contribution >= 0.6 is 0 Å². The van der Waals surface area contributed by atoms with Gasteiger partial charge in [0, 0.05) is 18.2 Å². The first kappa shape index (κ1) is 14.7. The molecule has 0 saturated heterocycles. The molecule has 4 nitrogen and oxygen atoms in total. The Morgan fingerprint density at radius 3 is 2.75 bits per heavy atom. The van der Waals surface area contributed by atoms with E-state index in [1.54, 1.807) is 12.3 Å². The molecule has 0 aromatic carbocycles. The third-order valence-electron chi connectivity index (χ3n) is 3.65. The lowest BCUT2D eigenvalue weighted by Gasteiger charge is -2.20. The minimum Gasteiger partial charge on any atom is -0.345 e. The summed E-state index contributed by atoms with van der Waals surface area (Å²) in [5, 5.41) is 3.03. The predicted molar refractivity (Wildman–Crippen MR) is 79.6 cm³/mol. The number of hydrogen-bond donors (Lipinski definition) is 1. The average molecular weight is 273 g/mol. The number of amides is 1. The second-order valence-electron chi connectivity index (χ2n) is 5.67. The third-order valence-corrected chi connectivity index (χ3v) is 3.65. The molecular formula is C16H23N3O. The van der Waals surface area contributed by atoms with E-state index in [-0.39, 0.29) is 17.9 Å². The third kappa shape index (κ3) is 3.65. The maximum Gasteiger partial charge on any atom is 0.270 e. The van der Waals surface area contributed by atoms with Crippen LogP contribution in [0, 0.1) is 0 Å². The summed E-state index contributed by atoms with van der Waals surface area (Å²) in [6.45, 7) is 6.08. The van der Waals surface area contributed by atoms with Crippen molar-refractivity contribution in [2.24, 2.45) is 0 Å². The van der Waals surface area contributed by atoms with Crippen molar-refractivity contribution in [2.45, 2.75) is 58.4 Å². The van der Waals surface area contributed by atoms with E-state index >= 15 is 0 Å². The van der Waals surface area contributed by atoms with Crippen LogP contribution in [0.5, 0.6) is 0 Å². The SMILES string of the molecule is CC(C)c1nccc(C(=O)N[C@@H](C)C2=CCCCC2)n1. The Morgan fingerprint density at radius 1 is 1.30 bits per heavy atom. The predicted octanol–water partition coefficient (Wildman–Crippen LogP) is 3.22. The zero-order valence-corrected chi connectivity index (χ0v) is 12.5. The molecule has 0 saturated carbocycles. The van der Waals surface area contributed by atoms with Gasteiger partial charge >= 0.3 is 0 Å². The van der Waals surface area contributed by atoms with E-state index in [0.717, 1.165) is 12.8 Å². The van der Waals surface area contributed by atoms with Crippen LogP contribution in [0.1, 0.15) is 68.7 Å². The lowest BCUT2D eigenvalue weighted by Crippen LogP contribution is -2.35. The Morgan fingerprint density at radius 2 is 2.10 bits per heavy atom. The van der Waals surface area contributed by atoms with E-state index in [1.807, 2.05) is 20.8 Å². The maximum absolute atomic E-state index is 12.2. The van der Waals surface area contributed by atoms with Gasteiger partial charge in [0.05, 0.1) is 0 Å². The summed E-state index contributed by atoms with van der Waals surface area (Å²) in [5.41, 5.74) is 1.79.